The zero-order chi connectivity index (χ0) is 26.8. The Kier molecular flexibility index (Phi) is 7.93. The number of carbonyl (C=O) groups is 4. The first kappa shape index (κ1) is 27.4. The van der Waals surface area contributed by atoms with Gasteiger partial charge in [-0.25, -0.2) is 14.4 Å². The average Bonchev–Trinajstić information content (AvgIpc) is 3.35. The van der Waals surface area contributed by atoms with Crippen LogP contribution in [-0.4, -0.2) is 55.7 Å². The van der Waals surface area contributed by atoms with E-state index in [4.69, 9.17) is 23.4 Å². The number of cyclic esters (lactones) is 1. The molecule has 1 spiro atoms. The van der Waals surface area contributed by atoms with Crippen LogP contribution in [0.5, 0.6) is 0 Å². The molecule has 0 N–H and O–H groups in total. The maximum atomic E-state index is 13.6. The molecule has 3 heterocycles. The van der Waals surface area contributed by atoms with Crippen LogP contribution < -0.4 is 0 Å². The molecule has 1 aromatic rings. The van der Waals surface area contributed by atoms with Crippen molar-refractivity contribution in [1.29, 1.82) is 0 Å². The molecule has 6 atom stereocenters. The number of ketones is 1. The lowest BCUT2D eigenvalue weighted by Gasteiger charge is -2.54. The number of Topliss-reactive ketones (excluding diaryl/α,β-unsaturated/α-hetero) is 1. The largest absolute Gasteiger partial charge is 0.472 e. The summed E-state index contributed by atoms with van der Waals surface area (Å²) in [5.74, 6) is -2.95. The summed E-state index contributed by atoms with van der Waals surface area (Å²) in [6.45, 7) is 9.29. The molecule has 3 fully saturated rings. The fourth-order valence-corrected chi connectivity index (χ4v) is 5.95. The highest BCUT2D eigenvalue weighted by molar-refractivity contribution is 6.01. The second-order valence-electron chi connectivity index (χ2n) is 9.21. The standard InChI is InChI=1S/C25H28O9.C2H6/c1-13(11-19(26)30-4)10-18-22(28)33-14(2)16-6-7-17(20(27)15-8-9-32-12-15)25(24(16,18)3)21(34-25)23(29)31-5;1-2/h8-12,14,16-17,21H,6-7H2,1-5H3;1-2H3/b13-11+,18-10+;/t14?,16?,17-,21+,24-,25-;/m0./s1. The van der Waals surface area contributed by atoms with Crippen LogP contribution in [0.15, 0.2) is 46.3 Å². The van der Waals surface area contributed by atoms with Crippen molar-refractivity contribution >= 4 is 23.7 Å². The third-order valence-corrected chi connectivity index (χ3v) is 7.58. The fraction of sp³-hybridized carbons (Fsp3) is 0.556. The van der Waals surface area contributed by atoms with Gasteiger partial charge in [-0.15, -0.1) is 0 Å². The van der Waals surface area contributed by atoms with Crippen molar-refractivity contribution in [2.24, 2.45) is 17.3 Å². The Balaban J connectivity index is 0.00000176. The third kappa shape index (κ3) is 4.19. The number of esters is 3. The van der Waals surface area contributed by atoms with E-state index in [-0.39, 0.29) is 17.3 Å². The van der Waals surface area contributed by atoms with Gasteiger partial charge in [0.15, 0.2) is 11.9 Å². The molecule has 9 nitrogen and oxygen atoms in total. The van der Waals surface area contributed by atoms with E-state index in [2.05, 4.69) is 0 Å². The van der Waals surface area contributed by atoms with Crippen LogP contribution in [0.1, 0.15) is 57.8 Å². The topological polar surface area (TPSA) is 122 Å². The molecule has 2 aliphatic heterocycles. The molecular formula is C27H34O9. The Hall–Kier alpha value is -3.20. The predicted molar refractivity (Wildman–Crippen MR) is 128 cm³/mol. The van der Waals surface area contributed by atoms with Gasteiger partial charge < -0.3 is 23.4 Å². The molecule has 0 amide bonds. The Morgan fingerprint density at radius 2 is 1.83 bits per heavy atom. The second-order valence-corrected chi connectivity index (χ2v) is 9.21. The Bertz CT molecular complexity index is 1080. The number of fused-ring (bicyclic) bond motifs is 2. The number of allylic oxidation sites excluding steroid dienone is 2. The normalized spacial score (nSPS) is 34.1. The van der Waals surface area contributed by atoms with E-state index >= 15 is 0 Å². The van der Waals surface area contributed by atoms with E-state index in [1.165, 1.54) is 32.8 Å². The van der Waals surface area contributed by atoms with E-state index in [1.807, 2.05) is 20.8 Å². The molecule has 0 bridgehead atoms. The summed E-state index contributed by atoms with van der Waals surface area (Å²) < 4.78 is 26.6. The summed E-state index contributed by atoms with van der Waals surface area (Å²) in [5, 5.41) is 0. The molecule has 1 aromatic heterocycles. The molecule has 2 saturated heterocycles. The fourth-order valence-electron chi connectivity index (χ4n) is 5.95. The molecular weight excluding hydrogens is 468 g/mol. The molecule has 4 rings (SSSR count). The van der Waals surface area contributed by atoms with Gasteiger partial charge in [-0.2, -0.15) is 0 Å². The number of carbonyl (C=O) groups excluding carboxylic acids is 4. The maximum Gasteiger partial charge on any atom is 0.338 e. The monoisotopic (exact) mass is 502 g/mol. The minimum atomic E-state index is -1.32. The SMILES string of the molecule is CC.COC(=O)/C=C(C)/C=C1\C(=O)OC(C)C2CC[C@@H](C(=O)c3ccoc3)[C@@]3(O[C@@H]3C(=O)OC)[C@]12C. The number of epoxide rings is 1. The molecule has 36 heavy (non-hydrogen) atoms. The molecule has 2 unspecified atom stereocenters. The first-order valence-corrected chi connectivity index (χ1v) is 12.1. The van der Waals surface area contributed by atoms with E-state index in [1.54, 1.807) is 26.0 Å². The molecule has 9 heteroatoms. The lowest BCUT2D eigenvalue weighted by atomic mass is 9.50. The van der Waals surface area contributed by atoms with Gasteiger partial charge >= 0.3 is 17.9 Å². The van der Waals surface area contributed by atoms with Crippen molar-refractivity contribution in [3.8, 4) is 0 Å². The summed E-state index contributed by atoms with van der Waals surface area (Å²) in [7, 11) is 2.51. The quantitative estimate of drug-likeness (QED) is 0.194. The lowest BCUT2D eigenvalue weighted by Crippen LogP contribution is -2.62. The first-order valence-electron chi connectivity index (χ1n) is 12.1. The Morgan fingerprint density at radius 1 is 1.14 bits per heavy atom. The summed E-state index contributed by atoms with van der Waals surface area (Å²) in [5.41, 5.74) is -1.33. The summed E-state index contributed by atoms with van der Waals surface area (Å²) >= 11 is 0. The first-order chi connectivity index (χ1) is 17.1. The highest BCUT2D eigenvalue weighted by atomic mass is 16.7. The van der Waals surface area contributed by atoms with Crippen molar-refractivity contribution in [2.75, 3.05) is 14.2 Å². The van der Waals surface area contributed by atoms with Gasteiger partial charge in [0.1, 0.15) is 18.0 Å². The number of furan rings is 1. The molecule has 0 aromatic carbocycles. The molecule has 0 radical (unpaired) electrons. The van der Waals surface area contributed by atoms with Gasteiger partial charge in [0.05, 0.1) is 32.0 Å². The Labute approximate surface area is 210 Å². The number of hydrogen-bond donors (Lipinski definition) is 0. The summed E-state index contributed by atoms with van der Waals surface area (Å²) in [4.78, 5) is 51.3. The number of methoxy groups -OCH3 is 2. The zero-order valence-corrected chi connectivity index (χ0v) is 21.8. The van der Waals surface area contributed by atoms with Crippen molar-refractivity contribution in [2.45, 2.75) is 65.3 Å². The highest BCUT2D eigenvalue weighted by Crippen LogP contribution is 2.68. The van der Waals surface area contributed by atoms with Crippen LogP contribution in [0.3, 0.4) is 0 Å². The minimum absolute atomic E-state index is 0.229. The van der Waals surface area contributed by atoms with Gasteiger partial charge in [-0.05, 0) is 44.4 Å². The van der Waals surface area contributed by atoms with Gasteiger partial charge in [0.2, 0.25) is 0 Å². The van der Waals surface area contributed by atoms with E-state index in [0.717, 1.165) is 0 Å². The lowest BCUT2D eigenvalue weighted by molar-refractivity contribution is -0.167. The van der Waals surface area contributed by atoms with Crippen LogP contribution in [0.2, 0.25) is 0 Å². The van der Waals surface area contributed by atoms with Crippen LogP contribution in [-0.2, 0) is 33.3 Å². The summed E-state index contributed by atoms with van der Waals surface area (Å²) in [6.07, 6.45) is 5.08. The minimum Gasteiger partial charge on any atom is -0.472 e. The van der Waals surface area contributed by atoms with Crippen molar-refractivity contribution in [3.05, 3.63) is 47.5 Å². The average molecular weight is 503 g/mol. The molecule has 3 aliphatic rings. The predicted octanol–water partition coefficient (Wildman–Crippen LogP) is 3.82. The molecule has 1 saturated carbocycles. The molecule has 1 aliphatic carbocycles. The van der Waals surface area contributed by atoms with Gasteiger partial charge in [-0.1, -0.05) is 20.8 Å². The van der Waals surface area contributed by atoms with E-state index in [0.29, 0.717) is 24.0 Å². The third-order valence-electron chi connectivity index (χ3n) is 7.58. The van der Waals surface area contributed by atoms with Crippen molar-refractivity contribution < 1.29 is 42.5 Å². The number of rotatable bonds is 5. The summed E-state index contributed by atoms with van der Waals surface area (Å²) in [6, 6.07) is 1.57. The van der Waals surface area contributed by atoms with Gasteiger partial charge in [0, 0.05) is 23.0 Å². The van der Waals surface area contributed by atoms with Crippen LogP contribution in [0, 0.1) is 17.3 Å². The number of ether oxygens (including phenoxy) is 4. The van der Waals surface area contributed by atoms with Crippen molar-refractivity contribution in [3.63, 3.8) is 0 Å². The van der Waals surface area contributed by atoms with E-state index in [9.17, 15) is 19.2 Å². The number of hydrogen-bond acceptors (Lipinski definition) is 9. The van der Waals surface area contributed by atoms with Gasteiger partial charge in [-0.3, -0.25) is 4.79 Å². The van der Waals surface area contributed by atoms with Crippen LogP contribution >= 0.6 is 0 Å². The molecule has 196 valence electrons. The highest BCUT2D eigenvalue weighted by Gasteiger charge is 2.80. The smallest absolute Gasteiger partial charge is 0.338 e. The van der Waals surface area contributed by atoms with Gasteiger partial charge in [0.25, 0.3) is 0 Å². The van der Waals surface area contributed by atoms with Crippen LogP contribution in [0.4, 0.5) is 0 Å². The van der Waals surface area contributed by atoms with E-state index < -0.39 is 47.0 Å². The second kappa shape index (κ2) is 10.4. The van der Waals surface area contributed by atoms with Crippen LogP contribution in [0.25, 0.3) is 0 Å². The zero-order valence-electron chi connectivity index (χ0n) is 21.8. The van der Waals surface area contributed by atoms with Crippen molar-refractivity contribution in [1.82, 2.24) is 0 Å². The Morgan fingerprint density at radius 3 is 2.42 bits per heavy atom. The maximum absolute atomic E-state index is 13.6.